The van der Waals surface area contributed by atoms with Crippen molar-refractivity contribution in [1.29, 1.82) is 0 Å². The van der Waals surface area contributed by atoms with Gasteiger partial charge in [-0.2, -0.15) is 0 Å². The topological polar surface area (TPSA) is 34.1 Å². The van der Waals surface area contributed by atoms with Gasteiger partial charge >= 0.3 is 0 Å². The van der Waals surface area contributed by atoms with Crippen molar-refractivity contribution in [3.8, 4) is 0 Å². The van der Waals surface area contributed by atoms with Crippen molar-refractivity contribution in [3.05, 3.63) is 35.9 Å². The molecule has 0 N–H and O–H groups in total. The van der Waals surface area contributed by atoms with Crippen LogP contribution in [-0.4, -0.2) is 19.9 Å². The van der Waals surface area contributed by atoms with Crippen LogP contribution >= 0.6 is 0 Å². The predicted octanol–water partition coefficient (Wildman–Crippen LogP) is 4.03. The molecule has 0 bridgehead atoms. The van der Waals surface area contributed by atoms with Crippen molar-refractivity contribution in [1.82, 2.24) is 0 Å². The number of hydrogen-bond donors (Lipinski definition) is 0. The zero-order chi connectivity index (χ0) is 14.5. The van der Waals surface area contributed by atoms with Gasteiger partial charge < -0.3 is 0 Å². The molecule has 0 saturated heterocycles. The molecule has 0 aliphatic carbocycles. The average Bonchev–Trinajstić information content (AvgIpc) is 2.27. The molecule has 0 fully saturated rings. The number of hydrogen-bond acceptors (Lipinski definition) is 2. The number of benzene rings is 1. The number of sulfone groups is 1. The smallest absolute Gasteiger partial charge is 0.150 e. The summed E-state index contributed by atoms with van der Waals surface area (Å²) in [5, 5.41) is 0. The van der Waals surface area contributed by atoms with Gasteiger partial charge in [0.1, 0.15) is 0 Å². The van der Waals surface area contributed by atoms with Crippen LogP contribution in [0.5, 0.6) is 0 Å². The molecule has 3 heteroatoms. The molecular formula is C16H26O2S. The van der Waals surface area contributed by atoms with Crippen molar-refractivity contribution in [2.24, 2.45) is 5.41 Å². The first-order chi connectivity index (χ1) is 8.70. The van der Waals surface area contributed by atoms with Gasteiger partial charge in [0.25, 0.3) is 0 Å². The van der Waals surface area contributed by atoms with Gasteiger partial charge in [0.05, 0.1) is 11.5 Å². The van der Waals surface area contributed by atoms with Crippen LogP contribution in [0, 0.1) is 5.41 Å². The highest BCUT2D eigenvalue weighted by Gasteiger charge is 2.18. The second-order valence-electron chi connectivity index (χ2n) is 6.59. The summed E-state index contributed by atoms with van der Waals surface area (Å²) in [6.07, 6.45) is 1.71. The lowest BCUT2D eigenvalue weighted by atomic mass is 9.91. The van der Waals surface area contributed by atoms with E-state index in [4.69, 9.17) is 0 Å². The highest BCUT2D eigenvalue weighted by Crippen LogP contribution is 2.22. The standard InChI is InChI=1S/C16H26O2S/c1-14(15-9-6-5-7-10-15)13-19(17,18)12-8-11-16(2,3)4/h5-7,9-10,14H,8,11-13H2,1-4H3/t14-/m1/s1. The molecular weight excluding hydrogens is 256 g/mol. The van der Waals surface area contributed by atoms with Gasteiger partial charge in [-0.1, -0.05) is 58.0 Å². The lowest BCUT2D eigenvalue weighted by Crippen LogP contribution is -2.17. The van der Waals surface area contributed by atoms with E-state index < -0.39 is 9.84 Å². The first-order valence-corrected chi connectivity index (χ1v) is 8.77. The molecule has 108 valence electrons. The van der Waals surface area contributed by atoms with Crippen molar-refractivity contribution < 1.29 is 8.42 Å². The van der Waals surface area contributed by atoms with E-state index >= 15 is 0 Å². The minimum Gasteiger partial charge on any atom is -0.229 e. The Morgan fingerprint density at radius 2 is 1.68 bits per heavy atom. The average molecular weight is 282 g/mol. The molecule has 19 heavy (non-hydrogen) atoms. The highest BCUT2D eigenvalue weighted by molar-refractivity contribution is 7.91. The Morgan fingerprint density at radius 3 is 2.21 bits per heavy atom. The van der Waals surface area contributed by atoms with Crippen LogP contribution in [0.1, 0.15) is 52.0 Å². The lowest BCUT2D eigenvalue weighted by Gasteiger charge is -2.18. The Hall–Kier alpha value is -0.830. The summed E-state index contributed by atoms with van der Waals surface area (Å²) in [6.45, 7) is 8.42. The van der Waals surface area contributed by atoms with Crippen molar-refractivity contribution in [2.75, 3.05) is 11.5 Å². The van der Waals surface area contributed by atoms with E-state index in [1.807, 2.05) is 37.3 Å². The largest absolute Gasteiger partial charge is 0.229 e. The van der Waals surface area contributed by atoms with Crippen LogP contribution < -0.4 is 0 Å². The molecule has 0 aromatic heterocycles. The first kappa shape index (κ1) is 16.2. The summed E-state index contributed by atoms with van der Waals surface area (Å²) in [5.41, 5.74) is 1.31. The van der Waals surface area contributed by atoms with E-state index in [9.17, 15) is 8.42 Å². The van der Waals surface area contributed by atoms with Crippen molar-refractivity contribution in [3.63, 3.8) is 0 Å². The van der Waals surface area contributed by atoms with Gasteiger partial charge in [-0.25, -0.2) is 8.42 Å². The van der Waals surface area contributed by atoms with Crippen molar-refractivity contribution in [2.45, 2.75) is 46.5 Å². The molecule has 0 saturated carbocycles. The third kappa shape index (κ3) is 6.76. The maximum absolute atomic E-state index is 12.1. The fourth-order valence-electron chi connectivity index (χ4n) is 2.16. The normalized spacial score (nSPS) is 14.3. The van der Waals surface area contributed by atoms with E-state index in [1.165, 1.54) is 0 Å². The minimum atomic E-state index is -2.95. The monoisotopic (exact) mass is 282 g/mol. The van der Waals surface area contributed by atoms with E-state index in [0.717, 1.165) is 18.4 Å². The number of rotatable bonds is 6. The summed E-state index contributed by atoms with van der Waals surface area (Å²) >= 11 is 0. The summed E-state index contributed by atoms with van der Waals surface area (Å²) in [7, 11) is -2.95. The zero-order valence-corrected chi connectivity index (χ0v) is 13.3. The van der Waals surface area contributed by atoms with E-state index in [2.05, 4.69) is 20.8 Å². The van der Waals surface area contributed by atoms with Crippen LogP contribution in [0.3, 0.4) is 0 Å². The Morgan fingerprint density at radius 1 is 1.11 bits per heavy atom. The fraction of sp³-hybridized carbons (Fsp3) is 0.625. The summed E-state index contributed by atoms with van der Waals surface area (Å²) in [4.78, 5) is 0. The van der Waals surface area contributed by atoms with Crippen LogP contribution in [0.25, 0.3) is 0 Å². The molecule has 0 spiro atoms. The minimum absolute atomic E-state index is 0.0702. The zero-order valence-electron chi connectivity index (χ0n) is 12.5. The maximum Gasteiger partial charge on any atom is 0.150 e. The molecule has 0 aliphatic heterocycles. The Labute approximate surface area is 118 Å². The van der Waals surface area contributed by atoms with E-state index in [1.54, 1.807) is 0 Å². The van der Waals surface area contributed by atoms with Crippen molar-refractivity contribution >= 4 is 9.84 Å². The fourth-order valence-corrected chi connectivity index (χ4v) is 3.87. The van der Waals surface area contributed by atoms with Gasteiger partial charge in [-0.15, -0.1) is 0 Å². The lowest BCUT2D eigenvalue weighted by molar-refractivity contribution is 0.373. The van der Waals surface area contributed by atoms with Crippen LogP contribution in [0.2, 0.25) is 0 Å². The Balaban J connectivity index is 2.51. The molecule has 1 aromatic rings. The molecule has 0 radical (unpaired) electrons. The van der Waals surface area contributed by atoms with Crippen LogP contribution in [-0.2, 0) is 9.84 Å². The van der Waals surface area contributed by atoms with Gasteiger partial charge in [0.2, 0.25) is 0 Å². The summed E-state index contributed by atoms with van der Waals surface area (Å²) in [6, 6.07) is 9.86. The molecule has 0 amide bonds. The molecule has 1 aromatic carbocycles. The quantitative estimate of drug-likeness (QED) is 0.789. The van der Waals surface area contributed by atoms with Gasteiger partial charge in [0, 0.05) is 0 Å². The molecule has 1 atom stereocenters. The molecule has 0 heterocycles. The molecule has 2 nitrogen and oxygen atoms in total. The van der Waals surface area contributed by atoms with Gasteiger partial charge in [0.15, 0.2) is 9.84 Å². The second kappa shape index (κ2) is 6.56. The van der Waals surface area contributed by atoms with Gasteiger partial charge in [-0.3, -0.25) is 0 Å². The summed E-state index contributed by atoms with van der Waals surface area (Å²) in [5.74, 6) is 0.628. The Bertz CT molecular complexity index is 469. The summed E-state index contributed by atoms with van der Waals surface area (Å²) < 4.78 is 24.2. The first-order valence-electron chi connectivity index (χ1n) is 6.95. The SMILES string of the molecule is C[C@H](CS(=O)(=O)CCCC(C)(C)C)c1ccccc1. The third-order valence-corrected chi connectivity index (χ3v) is 5.17. The second-order valence-corrected chi connectivity index (χ2v) is 8.82. The molecule has 0 unspecified atom stereocenters. The predicted molar refractivity (Wildman–Crippen MR) is 82.2 cm³/mol. The van der Waals surface area contributed by atoms with E-state index in [0.29, 0.717) is 5.75 Å². The third-order valence-electron chi connectivity index (χ3n) is 3.25. The van der Waals surface area contributed by atoms with Gasteiger partial charge in [-0.05, 0) is 29.7 Å². The Kier molecular flexibility index (Phi) is 5.60. The highest BCUT2D eigenvalue weighted by atomic mass is 32.2. The van der Waals surface area contributed by atoms with E-state index in [-0.39, 0.29) is 17.1 Å². The maximum atomic E-state index is 12.1. The van der Waals surface area contributed by atoms with Crippen LogP contribution in [0.15, 0.2) is 30.3 Å². The molecule has 1 rings (SSSR count). The molecule has 0 aliphatic rings. The van der Waals surface area contributed by atoms with Crippen LogP contribution in [0.4, 0.5) is 0 Å².